The summed E-state index contributed by atoms with van der Waals surface area (Å²) < 4.78 is 17.4. The Bertz CT molecular complexity index is 1050. The maximum Gasteiger partial charge on any atom is 0.407 e. The van der Waals surface area contributed by atoms with Gasteiger partial charge < -0.3 is 24.8 Å². The molecule has 0 aromatic carbocycles. The van der Waals surface area contributed by atoms with Gasteiger partial charge in [-0.25, -0.2) is 9.48 Å². The first kappa shape index (κ1) is 27.0. The second-order valence-electron chi connectivity index (χ2n) is 11.9. The molecule has 4 saturated carbocycles. The van der Waals surface area contributed by atoms with E-state index in [2.05, 4.69) is 15.7 Å². The van der Waals surface area contributed by atoms with Gasteiger partial charge in [-0.05, 0) is 75.7 Å². The molecule has 4 aliphatic rings. The predicted octanol–water partition coefficient (Wildman–Crippen LogP) is 3.62. The van der Waals surface area contributed by atoms with E-state index in [0.717, 1.165) is 32.1 Å². The number of hydrogen-bond donors (Lipinski definition) is 2. The van der Waals surface area contributed by atoms with Crippen LogP contribution in [0.25, 0.3) is 6.20 Å². The number of ether oxygens (including phenoxy) is 3. The molecule has 37 heavy (non-hydrogen) atoms. The highest BCUT2D eigenvalue weighted by Gasteiger charge is 2.59. The largest absolute Gasteiger partial charge is 0.477 e. The standard InChI is InChI=1S/C27H40N4O6/c1-16(2)15-37-23-20(14-28-31(23)8-7-26(3,4)30-25(34)36-6)22(32)29-21-18-9-17-10-19(21)13-27(11-17,12-18)24(33)35-5/h7-8,14,16-19,21H,9-13,15H2,1-6H3,(H,29,32)(H,30,34)/b8-7+. The monoisotopic (exact) mass is 516 g/mol. The van der Waals surface area contributed by atoms with Crippen molar-refractivity contribution < 1.29 is 28.6 Å². The van der Waals surface area contributed by atoms with Crippen molar-refractivity contribution in [2.45, 2.75) is 71.4 Å². The summed E-state index contributed by atoms with van der Waals surface area (Å²) in [5.74, 6) is 1.31. The Balaban J connectivity index is 1.52. The van der Waals surface area contributed by atoms with Crippen molar-refractivity contribution in [1.29, 1.82) is 0 Å². The van der Waals surface area contributed by atoms with Gasteiger partial charge in [0.15, 0.2) is 0 Å². The molecule has 0 saturated heterocycles. The van der Waals surface area contributed by atoms with Gasteiger partial charge in [0.05, 0.1) is 38.0 Å². The van der Waals surface area contributed by atoms with Crippen LogP contribution in [0.3, 0.4) is 0 Å². The Kier molecular flexibility index (Phi) is 7.57. The van der Waals surface area contributed by atoms with Gasteiger partial charge in [-0.3, -0.25) is 9.59 Å². The number of esters is 1. The number of carbonyl (C=O) groups is 3. The fraction of sp³-hybridized carbons (Fsp3) is 0.704. The van der Waals surface area contributed by atoms with Crippen molar-refractivity contribution in [2.75, 3.05) is 20.8 Å². The molecule has 2 unspecified atom stereocenters. The molecule has 2 amide bonds. The summed E-state index contributed by atoms with van der Waals surface area (Å²) in [4.78, 5) is 37.8. The number of nitrogens with zero attached hydrogens (tertiary/aromatic N) is 2. The molecule has 1 aromatic heterocycles. The van der Waals surface area contributed by atoms with Gasteiger partial charge in [0.2, 0.25) is 5.88 Å². The highest BCUT2D eigenvalue weighted by atomic mass is 16.5. The predicted molar refractivity (Wildman–Crippen MR) is 137 cm³/mol. The first-order valence-electron chi connectivity index (χ1n) is 13.1. The Morgan fingerprint density at radius 2 is 1.84 bits per heavy atom. The molecule has 4 fully saturated rings. The first-order chi connectivity index (χ1) is 17.5. The number of alkyl carbamates (subject to hydrolysis) is 1. The summed E-state index contributed by atoms with van der Waals surface area (Å²) in [5, 5.41) is 10.4. The van der Waals surface area contributed by atoms with Crippen LogP contribution in [0, 0.1) is 29.1 Å². The zero-order chi connectivity index (χ0) is 27.0. The Hall–Kier alpha value is -3.04. The molecular weight excluding hydrogens is 476 g/mol. The lowest BCUT2D eigenvalue weighted by molar-refractivity contribution is -0.170. The van der Waals surface area contributed by atoms with Gasteiger partial charge in [-0.15, -0.1) is 0 Å². The van der Waals surface area contributed by atoms with Crippen molar-refractivity contribution >= 4 is 24.2 Å². The van der Waals surface area contributed by atoms with Crippen molar-refractivity contribution in [1.82, 2.24) is 20.4 Å². The summed E-state index contributed by atoms with van der Waals surface area (Å²) in [7, 11) is 2.78. The fourth-order valence-electron chi connectivity index (χ4n) is 6.57. The van der Waals surface area contributed by atoms with Gasteiger partial charge in [-0.2, -0.15) is 5.10 Å². The number of rotatable bonds is 9. The summed E-state index contributed by atoms with van der Waals surface area (Å²) >= 11 is 0. The number of carbonyl (C=O) groups excluding carboxylic acids is 3. The van der Waals surface area contributed by atoms with Crippen LogP contribution in [0.4, 0.5) is 4.79 Å². The molecule has 10 nitrogen and oxygen atoms in total. The van der Waals surface area contributed by atoms with Crippen molar-refractivity contribution in [3.63, 3.8) is 0 Å². The molecule has 5 rings (SSSR count). The van der Waals surface area contributed by atoms with Crippen LogP contribution in [0.5, 0.6) is 5.88 Å². The van der Waals surface area contributed by atoms with Crippen LogP contribution in [0.15, 0.2) is 12.3 Å². The Morgan fingerprint density at radius 1 is 1.16 bits per heavy atom. The minimum Gasteiger partial charge on any atom is -0.477 e. The third-order valence-corrected chi connectivity index (χ3v) is 7.98. The van der Waals surface area contributed by atoms with Gasteiger partial charge in [0.25, 0.3) is 5.91 Å². The lowest BCUT2D eigenvalue weighted by Crippen LogP contribution is -2.61. The number of nitrogens with one attached hydrogen (secondary N) is 2. The normalized spacial score (nSPS) is 28.4. The highest BCUT2D eigenvalue weighted by molar-refractivity contribution is 5.96. The van der Waals surface area contributed by atoms with E-state index in [4.69, 9.17) is 14.2 Å². The van der Waals surface area contributed by atoms with Crippen molar-refractivity contribution in [3.8, 4) is 5.88 Å². The van der Waals surface area contributed by atoms with E-state index in [-0.39, 0.29) is 35.7 Å². The second-order valence-corrected chi connectivity index (χ2v) is 11.9. The molecule has 1 heterocycles. The maximum absolute atomic E-state index is 13.5. The highest BCUT2D eigenvalue weighted by Crippen LogP contribution is 2.60. The quantitative estimate of drug-likeness (QED) is 0.481. The van der Waals surface area contributed by atoms with Crippen molar-refractivity contribution in [3.05, 3.63) is 17.8 Å². The molecular formula is C27H40N4O6. The van der Waals surface area contributed by atoms with Crippen LogP contribution in [0.1, 0.15) is 70.2 Å². The smallest absolute Gasteiger partial charge is 0.407 e. The fourth-order valence-corrected chi connectivity index (χ4v) is 6.57. The number of aromatic nitrogens is 2. The third-order valence-electron chi connectivity index (χ3n) is 7.98. The molecule has 0 radical (unpaired) electrons. The average molecular weight is 517 g/mol. The van der Waals surface area contributed by atoms with Crippen LogP contribution in [-0.4, -0.2) is 60.2 Å². The zero-order valence-electron chi connectivity index (χ0n) is 22.7. The van der Waals surface area contributed by atoms with Gasteiger partial charge in [0.1, 0.15) is 5.56 Å². The van der Waals surface area contributed by atoms with Crippen molar-refractivity contribution in [2.24, 2.45) is 29.1 Å². The maximum atomic E-state index is 13.5. The molecule has 204 valence electrons. The van der Waals surface area contributed by atoms with E-state index in [1.54, 1.807) is 12.3 Å². The zero-order valence-corrected chi connectivity index (χ0v) is 22.7. The van der Waals surface area contributed by atoms with E-state index >= 15 is 0 Å². The van der Waals surface area contributed by atoms with E-state index in [1.807, 2.05) is 27.7 Å². The Labute approximate surface area is 218 Å². The van der Waals surface area contributed by atoms with Crippen LogP contribution >= 0.6 is 0 Å². The molecule has 0 spiro atoms. The minimum atomic E-state index is -0.716. The van der Waals surface area contributed by atoms with Crippen LogP contribution in [0.2, 0.25) is 0 Å². The number of amides is 2. The summed E-state index contributed by atoms with van der Waals surface area (Å²) in [6.07, 6.45) is 8.88. The molecule has 4 bridgehead atoms. The third kappa shape index (κ3) is 5.62. The summed E-state index contributed by atoms with van der Waals surface area (Å²) in [6, 6.07) is 0.0156. The molecule has 2 atom stereocenters. The summed E-state index contributed by atoms with van der Waals surface area (Å²) in [6.45, 7) is 8.12. The van der Waals surface area contributed by atoms with Crippen LogP contribution < -0.4 is 15.4 Å². The van der Waals surface area contributed by atoms with E-state index in [1.165, 1.54) is 25.1 Å². The lowest BCUT2D eigenvalue weighted by Gasteiger charge is -2.58. The molecule has 10 heteroatoms. The van der Waals surface area contributed by atoms with Gasteiger partial charge in [0, 0.05) is 12.2 Å². The molecule has 0 aliphatic heterocycles. The van der Waals surface area contributed by atoms with E-state index in [9.17, 15) is 14.4 Å². The second kappa shape index (κ2) is 10.4. The lowest BCUT2D eigenvalue weighted by atomic mass is 9.48. The van der Waals surface area contributed by atoms with Crippen LogP contribution in [-0.2, 0) is 14.3 Å². The Morgan fingerprint density at radius 3 is 2.43 bits per heavy atom. The van der Waals surface area contributed by atoms with Gasteiger partial charge in [-0.1, -0.05) is 13.8 Å². The van der Waals surface area contributed by atoms with E-state index in [0.29, 0.717) is 24.0 Å². The van der Waals surface area contributed by atoms with Gasteiger partial charge >= 0.3 is 12.1 Å². The first-order valence-corrected chi connectivity index (χ1v) is 13.1. The minimum absolute atomic E-state index is 0.0156. The summed E-state index contributed by atoms with van der Waals surface area (Å²) in [5.41, 5.74) is -0.744. The average Bonchev–Trinajstić information content (AvgIpc) is 3.25. The molecule has 2 N–H and O–H groups in total. The number of methoxy groups -OCH3 is 2. The topological polar surface area (TPSA) is 121 Å². The van der Waals surface area contributed by atoms with E-state index < -0.39 is 17.0 Å². The number of hydrogen-bond acceptors (Lipinski definition) is 7. The molecule has 1 aromatic rings. The molecule has 4 aliphatic carbocycles. The SMILES string of the molecule is COC(=O)NC(C)(C)/C=C/n1ncc(C(=O)NC2C3CC4CC2CC(C(=O)OC)(C4)C3)c1OCC(C)C.